The van der Waals surface area contributed by atoms with Crippen molar-refractivity contribution in [2.45, 2.75) is 12.5 Å². The van der Waals surface area contributed by atoms with Crippen molar-refractivity contribution in [1.29, 1.82) is 0 Å². The normalized spacial score (nSPS) is 11.8. The van der Waals surface area contributed by atoms with Crippen LogP contribution in [0.4, 0.5) is 0 Å². The second-order valence-electron chi connectivity index (χ2n) is 5.64. The van der Waals surface area contributed by atoms with E-state index in [-0.39, 0.29) is 5.56 Å². The first-order chi connectivity index (χ1) is 12.5. The molecule has 2 aromatic carbocycles. The summed E-state index contributed by atoms with van der Waals surface area (Å²) < 4.78 is 5.37. The third-order valence-electron chi connectivity index (χ3n) is 3.78. The first-order valence-corrected chi connectivity index (χ1v) is 7.72. The fraction of sp³-hybridized carbons (Fsp3) is 0.111. The summed E-state index contributed by atoms with van der Waals surface area (Å²) in [5.74, 6) is -2.30. The molecule has 0 aliphatic heterocycles. The van der Waals surface area contributed by atoms with Crippen molar-refractivity contribution < 1.29 is 24.0 Å². The third kappa shape index (κ3) is 3.54. The zero-order valence-electron chi connectivity index (χ0n) is 13.5. The molecule has 3 aromatic rings. The molecule has 3 rings (SSSR count). The number of benzene rings is 2. The highest BCUT2D eigenvalue weighted by molar-refractivity contribution is 6.02. The molecular formula is C18H15N3O5. The first kappa shape index (κ1) is 17.2. The van der Waals surface area contributed by atoms with Crippen molar-refractivity contribution >= 4 is 28.7 Å². The van der Waals surface area contributed by atoms with Crippen LogP contribution in [0.15, 0.2) is 53.1 Å². The molecule has 0 fully saturated rings. The highest BCUT2D eigenvalue weighted by Gasteiger charge is 2.23. The van der Waals surface area contributed by atoms with E-state index < -0.39 is 30.2 Å². The van der Waals surface area contributed by atoms with Crippen LogP contribution < -0.4 is 11.1 Å². The lowest BCUT2D eigenvalue weighted by Crippen LogP contribution is -2.43. The van der Waals surface area contributed by atoms with Crippen LogP contribution in [0.5, 0.6) is 0 Å². The number of carboxylic acids is 1. The molecule has 1 heterocycles. The number of fused-ring (bicyclic) bond motifs is 1. The minimum atomic E-state index is -1.40. The maximum absolute atomic E-state index is 12.4. The van der Waals surface area contributed by atoms with Gasteiger partial charge in [-0.25, -0.2) is 4.79 Å². The van der Waals surface area contributed by atoms with Crippen molar-refractivity contribution in [2.24, 2.45) is 5.73 Å². The van der Waals surface area contributed by atoms with Gasteiger partial charge in [0.25, 0.3) is 5.91 Å². The molecule has 132 valence electrons. The average molecular weight is 353 g/mol. The minimum absolute atomic E-state index is 0.216. The summed E-state index contributed by atoms with van der Waals surface area (Å²) in [7, 11) is 0. The zero-order chi connectivity index (χ0) is 18.7. The van der Waals surface area contributed by atoms with Crippen molar-refractivity contribution in [1.82, 2.24) is 10.5 Å². The summed E-state index contributed by atoms with van der Waals surface area (Å²) in [5, 5.41) is 16.0. The molecule has 8 nitrogen and oxygen atoms in total. The van der Waals surface area contributed by atoms with E-state index >= 15 is 0 Å². The van der Waals surface area contributed by atoms with Crippen molar-refractivity contribution in [3.63, 3.8) is 0 Å². The molecule has 2 amide bonds. The van der Waals surface area contributed by atoms with Crippen molar-refractivity contribution in [3.8, 4) is 11.3 Å². The molecule has 1 atom stereocenters. The Labute approximate surface area is 147 Å². The number of amides is 2. The highest BCUT2D eigenvalue weighted by Crippen LogP contribution is 2.29. The lowest BCUT2D eigenvalue weighted by Gasteiger charge is -2.12. The van der Waals surface area contributed by atoms with Crippen molar-refractivity contribution in [3.05, 3.63) is 54.1 Å². The summed E-state index contributed by atoms with van der Waals surface area (Å²) >= 11 is 0. The molecule has 0 saturated carbocycles. The largest absolute Gasteiger partial charge is 0.480 e. The summed E-state index contributed by atoms with van der Waals surface area (Å²) in [4.78, 5) is 34.5. The number of primary amides is 1. The smallest absolute Gasteiger partial charge is 0.326 e. The Balaban J connectivity index is 1.92. The summed E-state index contributed by atoms with van der Waals surface area (Å²) in [5.41, 5.74) is 6.59. The summed E-state index contributed by atoms with van der Waals surface area (Å²) in [6.07, 6.45) is -0.494. The van der Waals surface area contributed by atoms with E-state index in [2.05, 4.69) is 10.5 Å². The van der Waals surface area contributed by atoms with Gasteiger partial charge in [-0.2, -0.15) is 0 Å². The van der Waals surface area contributed by atoms with Gasteiger partial charge in [0.1, 0.15) is 11.6 Å². The molecule has 0 bridgehead atoms. The topological polar surface area (TPSA) is 136 Å². The molecule has 0 radical (unpaired) electrons. The van der Waals surface area contributed by atoms with Gasteiger partial charge in [0.05, 0.1) is 11.8 Å². The SMILES string of the molecule is NC(=O)C[C@H](NC(=O)c1ccc2noc(-c3ccccc3)c2c1)C(=O)O. The van der Waals surface area contributed by atoms with Gasteiger partial charge in [0.2, 0.25) is 5.91 Å². The van der Waals surface area contributed by atoms with Crippen LogP contribution >= 0.6 is 0 Å². The Morgan fingerprint density at radius 2 is 1.88 bits per heavy atom. The molecule has 26 heavy (non-hydrogen) atoms. The third-order valence-corrected chi connectivity index (χ3v) is 3.78. The van der Waals surface area contributed by atoms with E-state index in [0.717, 1.165) is 5.56 Å². The number of aliphatic carboxylic acids is 1. The Kier molecular flexibility index (Phi) is 4.66. The maximum atomic E-state index is 12.4. The summed E-state index contributed by atoms with van der Waals surface area (Å²) in [6.45, 7) is 0. The van der Waals surface area contributed by atoms with Gasteiger partial charge in [0, 0.05) is 11.1 Å². The lowest BCUT2D eigenvalue weighted by atomic mass is 10.1. The Morgan fingerprint density at radius 3 is 2.54 bits per heavy atom. The van der Waals surface area contributed by atoms with Crippen LogP contribution in [0.25, 0.3) is 22.2 Å². The van der Waals surface area contributed by atoms with Crippen LogP contribution in [-0.2, 0) is 9.59 Å². The molecule has 0 spiro atoms. The van der Waals surface area contributed by atoms with E-state index in [0.29, 0.717) is 16.7 Å². The van der Waals surface area contributed by atoms with E-state index in [1.54, 1.807) is 12.1 Å². The predicted octanol–water partition coefficient (Wildman–Crippen LogP) is 1.55. The van der Waals surface area contributed by atoms with Crippen LogP contribution in [0.2, 0.25) is 0 Å². The Bertz CT molecular complexity index is 981. The van der Waals surface area contributed by atoms with Gasteiger partial charge >= 0.3 is 5.97 Å². The van der Waals surface area contributed by atoms with Crippen molar-refractivity contribution in [2.75, 3.05) is 0 Å². The molecular weight excluding hydrogens is 338 g/mol. The number of carbonyl (C=O) groups is 3. The van der Waals surface area contributed by atoms with Gasteiger partial charge in [-0.15, -0.1) is 0 Å². The van der Waals surface area contributed by atoms with Gasteiger partial charge in [-0.05, 0) is 18.2 Å². The summed E-state index contributed by atoms with van der Waals surface area (Å²) in [6, 6.07) is 12.5. The maximum Gasteiger partial charge on any atom is 0.326 e. The number of carbonyl (C=O) groups excluding carboxylic acids is 2. The second-order valence-corrected chi connectivity index (χ2v) is 5.64. The predicted molar refractivity (Wildman–Crippen MR) is 92.1 cm³/mol. The average Bonchev–Trinajstić information content (AvgIpc) is 3.04. The quantitative estimate of drug-likeness (QED) is 0.615. The van der Waals surface area contributed by atoms with Crippen LogP contribution in [0, 0.1) is 0 Å². The number of nitrogens with zero attached hydrogens (tertiary/aromatic N) is 1. The van der Waals surface area contributed by atoms with Crippen LogP contribution in [0.3, 0.4) is 0 Å². The first-order valence-electron chi connectivity index (χ1n) is 7.72. The fourth-order valence-corrected chi connectivity index (χ4v) is 2.52. The molecule has 0 aliphatic rings. The van der Waals surface area contributed by atoms with E-state index in [4.69, 9.17) is 15.4 Å². The number of hydrogen-bond acceptors (Lipinski definition) is 5. The van der Waals surface area contributed by atoms with E-state index in [9.17, 15) is 14.4 Å². The van der Waals surface area contributed by atoms with Gasteiger partial charge < -0.3 is 20.7 Å². The fourth-order valence-electron chi connectivity index (χ4n) is 2.52. The van der Waals surface area contributed by atoms with Gasteiger partial charge in [-0.1, -0.05) is 35.5 Å². The molecule has 4 N–H and O–H groups in total. The number of carboxylic acid groups (broad SMARTS) is 1. The zero-order valence-corrected chi connectivity index (χ0v) is 13.5. The number of rotatable bonds is 6. The Hall–Kier alpha value is -3.68. The second kappa shape index (κ2) is 7.06. The molecule has 1 aromatic heterocycles. The van der Waals surface area contributed by atoms with Crippen LogP contribution in [-0.4, -0.2) is 34.1 Å². The number of nitrogens with two attached hydrogens (primary N) is 1. The molecule has 8 heteroatoms. The monoisotopic (exact) mass is 353 g/mol. The molecule has 0 saturated heterocycles. The molecule has 0 unspecified atom stereocenters. The Morgan fingerprint density at radius 1 is 1.15 bits per heavy atom. The lowest BCUT2D eigenvalue weighted by molar-refractivity contribution is -0.140. The number of nitrogens with one attached hydrogen (secondary N) is 1. The van der Waals surface area contributed by atoms with Gasteiger partial charge in [-0.3, -0.25) is 9.59 Å². The number of aromatic nitrogens is 1. The highest BCUT2D eigenvalue weighted by atomic mass is 16.5. The van der Waals surface area contributed by atoms with E-state index in [1.807, 2.05) is 30.3 Å². The van der Waals surface area contributed by atoms with E-state index in [1.165, 1.54) is 6.07 Å². The van der Waals surface area contributed by atoms with Gasteiger partial charge in [0.15, 0.2) is 5.76 Å². The standard InChI is InChI=1S/C18H15N3O5/c19-15(22)9-14(18(24)25)20-17(23)11-6-7-13-12(8-11)16(26-21-13)10-4-2-1-3-5-10/h1-8,14H,9H2,(H2,19,22)(H,20,23)(H,24,25)/t14-/m0/s1. The minimum Gasteiger partial charge on any atom is -0.480 e. The number of hydrogen-bond donors (Lipinski definition) is 3. The molecule has 0 aliphatic carbocycles. The van der Waals surface area contributed by atoms with Crippen LogP contribution in [0.1, 0.15) is 16.8 Å².